The lowest BCUT2D eigenvalue weighted by atomic mass is 10.0. The third kappa shape index (κ3) is 3.93. The molecule has 3 aromatic rings. The minimum Gasteiger partial charge on any atom is -0.338 e. The lowest BCUT2D eigenvalue weighted by Gasteiger charge is -2.32. The van der Waals surface area contributed by atoms with Gasteiger partial charge in [-0.2, -0.15) is 5.10 Å². The molecule has 0 bridgehead atoms. The van der Waals surface area contributed by atoms with Gasteiger partial charge in [-0.05, 0) is 49.2 Å². The van der Waals surface area contributed by atoms with Gasteiger partial charge in [0.25, 0.3) is 15.9 Å². The number of nitrogens with zero attached hydrogens (tertiary/aromatic N) is 5. The summed E-state index contributed by atoms with van der Waals surface area (Å²) in [6, 6.07) is 15.3. The van der Waals surface area contributed by atoms with Crippen LogP contribution in [0.3, 0.4) is 0 Å². The maximum Gasteiger partial charge on any atom is 0.264 e. The number of hydrogen-bond acceptors (Lipinski definition) is 5. The summed E-state index contributed by atoms with van der Waals surface area (Å²) >= 11 is 0. The molecule has 8 nitrogen and oxygen atoms in total. The van der Waals surface area contributed by atoms with Crippen molar-refractivity contribution in [2.75, 3.05) is 24.4 Å². The topological polar surface area (TPSA) is 88.4 Å². The summed E-state index contributed by atoms with van der Waals surface area (Å²) in [6.07, 6.45) is 4.84. The average Bonchev–Trinajstić information content (AvgIpc) is 3.34. The Morgan fingerprint density at radius 3 is 2.30 bits per heavy atom. The van der Waals surface area contributed by atoms with E-state index in [4.69, 9.17) is 0 Å². The Labute approximate surface area is 175 Å². The van der Waals surface area contributed by atoms with Crippen LogP contribution in [0.4, 0.5) is 5.69 Å². The largest absolute Gasteiger partial charge is 0.338 e. The highest BCUT2D eigenvalue weighted by atomic mass is 32.2. The fourth-order valence-electron chi connectivity index (χ4n) is 3.63. The fraction of sp³-hybridized carbons (Fsp3) is 0.286. The Bertz CT molecular complexity index is 1090. The third-order valence-corrected chi connectivity index (χ3v) is 7.24. The summed E-state index contributed by atoms with van der Waals surface area (Å²) in [7, 11) is -2.18. The average molecular weight is 426 g/mol. The minimum atomic E-state index is -3.70. The van der Waals surface area contributed by atoms with E-state index in [9.17, 15) is 13.2 Å². The monoisotopic (exact) mass is 425 g/mol. The highest BCUT2D eigenvalue weighted by Crippen LogP contribution is 2.24. The molecule has 1 saturated heterocycles. The molecule has 1 aliphatic heterocycles. The number of likely N-dealkylation sites (tertiary alicyclic amines) is 1. The van der Waals surface area contributed by atoms with Crippen molar-refractivity contribution in [2.45, 2.75) is 23.8 Å². The number of carbonyl (C=O) groups is 1. The van der Waals surface area contributed by atoms with Crippen LogP contribution in [0.2, 0.25) is 0 Å². The second kappa shape index (κ2) is 8.27. The van der Waals surface area contributed by atoms with E-state index in [2.05, 4.69) is 10.1 Å². The first kappa shape index (κ1) is 20.1. The first-order valence-corrected chi connectivity index (χ1v) is 11.2. The van der Waals surface area contributed by atoms with Gasteiger partial charge in [-0.15, -0.1) is 0 Å². The Morgan fingerprint density at radius 1 is 1.03 bits per heavy atom. The second-order valence-corrected chi connectivity index (χ2v) is 9.20. The number of sulfonamides is 1. The quantitative estimate of drug-likeness (QED) is 0.627. The van der Waals surface area contributed by atoms with Crippen LogP contribution in [-0.4, -0.2) is 54.1 Å². The number of hydrogen-bond donors (Lipinski definition) is 0. The zero-order chi connectivity index (χ0) is 21.1. The van der Waals surface area contributed by atoms with Gasteiger partial charge >= 0.3 is 0 Å². The molecule has 0 spiro atoms. The molecular formula is C21H23N5O3S. The molecule has 0 saturated carbocycles. The van der Waals surface area contributed by atoms with Gasteiger partial charge < -0.3 is 4.90 Å². The first-order valence-electron chi connectivity index (χ1n) is 9.74. The van der Waals surface area contributed by atoms with Gasteiger partial charge in [-0.3, -0.25) is 9.10 Å². The van der Waals surface area contributed by atoms with E-state index < -0.39 is 10.0 Å². The van der Waals surface area contributed by atoms with Gasteiger partial charge in [0.15, 0.2) is 0 Å². The van der Waals surface area contributed by atoms with Crippen molar-refractivity contribution in [1.82, 2.24) is 19.7 Å². The summed E-state index contributed by atoms with van der Waals surface area (Å²) in [6.45, 7) is 1.25. The Kier molecular flexibility index (Phi) is 5.54. The molecule has 1 aliphatic rings. The van der Waals surface area contributed by atoms with E-state index >= 15 is 0 Å². The van der Waals surface area contributed by atoms with Crippen LogP contribution in [-0.2, 0) is 10.0 Å². The van der Waals surface area contributed by atoms with E-state index in [0.29, 0.717) is 24.3 Å². The number of anilines is 1. The van der Waals surface area contributed by atoms with E-state index in [1.807, 2.05) is 10.7 Å². The number of carbonyl (C=O) groups excluding carboxylic acids is 1. The lowest BCUT2D eigenvalue weighted by Crippen LogP contribution is -2.39. The number of para-hydroxylation sites is 1. The molecule has 1 aromatic heterocycles. The molecule has 2 aromatic carbocycles. The molecule has 0 N–H and O–H groups in total. The second-order valence-electron chi connectivity index (χ2n) is 7.23. The normalized spacial score (nSPS) is 15.2. The number of rotatable bonds is 5. The summed E-state index contributed by atoms with van der Waals surface area (Å²) in [5.41, 5.74) is 1.06. The zero-order valence-electron chi connectivity index (χ0n) is 16.6. The Hall–Kier alpha value is -3.20. The van der Waals surface area contributed by atoms with Crippen LogP contribution >= 0.6 is 0 Å². The summed E-state index contributed by atoms with van der Waals surface area (Å²) in [5.74, 6) is -0.0904. The van der Waals surface area contributed by atoms with E-state index in [0.717, 1.165) is 12.8 Å². The van der Waals surface area contributed by atoms with Crippen molar-refractivity contribution < 1.29 is 13.2 Å². The predicted octanol–water partition coefficient (Wildman–Crippen LogP) is 2.58. The third-order valence-electron chi connectivity index (χ3n) is 5.44. The Morgan fingerprint density at radius 2 is 1.70 bits per heavy atom. The van der Waals surface area contributed by atoms with Crippen molar-refractivity contribution in [2.24, 2.45) is 0 Å². The molecule has 156 valence electrons. The van der Waals surface area contributed by atoms with Crippen LogP contribution in [0.1, 0.15) is 29.2 Å². The predicted molar refractivity (Wildman–Crippen MR) is 113 cm³/mol. The van der Waals surface area contributed by atoms with Crippen LogP contribution in [0, 0.1) is 0 Å². The molecule has 9 heteroatoms. The number of piperidine rings is 1. The van der Waals surface area contributed by atoms with Gasteiger partial charge in [0.05, 0.1) is 16.6 Å². The van der Waals surface area contributed by atoms with Crippen molar-refractivity contribution in [1.29, 1.82) is 0 Å². The summed E-state index contributed by atoms with van der Waals surface area (Å²) in [4.78, 5) is 18.8. The number of benzene rings is 2. The molecule has 1 amide bonds. The number of amides is 1. The summed E-state index contributed by atoms with van der Waals surface area (Å²) in [5, 5.41) is 4.18. The SMILES string of the molecule is CN(c1ccccc1)S(=O)(=O)c1ccc(C(=O)N2CCC(n3cncn3)CC2)cc1. The van der Waals surface area contributed by atoms with Gasteiger partial charge in [-0.25, -0.2) is 18.1 Å². The van der Waals surface area contributed by atoms with Crippen LogP contribution < -0.4 is 4.31 Å². The van der Waals surface area contributed by atoms with Crippen LogP contribution in [0.15, 0.2) is 72.1 Å². The fourth-order valence-corrected chi connectivity index (χ4v) is 4.82. The van der Waals surface area contributed by atoms with Crippen LogP contribution in [0.5, 0.6) is 0 Å². The van der Waals surface area contributed by atoms with Gasteiger partial charge in [-0.1, -0.05) is 18.2 Å². The molecule has 1 fully saturated rings. The standard InChI is InChI=1S/C21H23N5O3S/c1-24(18-5-3-2-4-6-18)30(28,29)20-9-7-17(8-10-20)21(27)25-13-11-19(12-14-25)26-16-22-15-23-26/h2-10,15-16,19H,11-14H2,1H3. The molecule has 4 rings (SSSR count). The smallest absolute Gasteiger partial charge is 0.264 e. The van der Waals surface area contributed by atoms with Crippen molar-refractivity contribution in [3.63, 3.8) is 0 Å². The molecule has 0 unspecified atom stereocenters. The first-order chi connectivity index (χ1) is 14.5. The maximum atomic E-state index is 12.9. The molecule has 0 atom stereocenters. The lowest BCUT2D eigenvalue weighted by molar-refractivity contribution is 0.0689. The van der Waals surface area contributed by atoms with Crippen molar-refractivity contribution in [3.05, 3.63) is 72.8 Å². The highest BCUT2D eigenvalue weighted by Gasteiger charge is 2.26. The van der Waals surface area contributed by atoms with Gasteiger partial charge in [0, 0.05) is 25.7 Å². The number of aromatic nitrogens is 3. The molecule has 0 radical (unpaired) electrons. The van der Waals surface area contributed by atoms with Crippen LogP contribution in [0.25, 0.3) is 0 Å². The van der Waals surface area contributed by atoms with E-state index in [1.165, 1.54) is 29.8 Å². The highest BCUT2D eigenvalue weighted by molar-refractivity contribution is 7.92. The summed E-state index contributed by atoms with van der Waals surface area (Å²) < 4.78 is 28.8. The van der Waals surface area contributed by atoms with Crippen molar-refractivity contribution >= 4 is 21.6 Å². The van der Waals surface area contributed by atoms with Gasteiger partial charge in [0.1, 0.15) is 12.7 Å². The maximum absolute atomic E-state index is 12.9. The molecular weight excluding hydrogens is 402 g/mol. The molecule has 30 heavy (non-hydrogen) atoms. The molecule has 2 heterocycles. The van der Waals surface area contributed by atoms with E-state index in [-0.39, 0.29) is 16.8 Å². The zero-order valence-corrected chi connectivity index (χ0v) is 17.4. The van der Waals surface area contributed by atoms with E-state index in [1.54, 1.807) is 47.6 Å². The van der Waals surface area contributed by atoms with Crippen molar-refractivity contribution in [3.8, 4) is 0 Å². The van der Waals surface area contributed by atoms with Gasteiger partial charge in [0.2, 0.25) is 0 Å². The molecule has 0 aliphatic carbocycles. The Balaban J connectivity index is 1.44. The minimum absolute atomic E-state index is 0.0904.